The number of carbonyl (C=O) groups excluding carboxylic acids is 1. The monoisotopic (exact) mass is 311 g/mol. The molecule has 0 aliphatic heterocycles. The van der Waals surface area contributed by atoms with Crippen molar-refractivity contribution in [3.63, 3.8) is 0 Å². The van der Waals surface area contributed by atoms with E-state index in [4.69, 9.17) is 0 Å². The van der Waals surface area contributed by atoms with E-state index in [0.29, 0.717) is 6.54 Å². The molecule has 1 fully saturated rings. The zero-order valence-electron chi connectivity index (χ0n) is 12.8. The van der Waals surface area contributed by atoms with E-state index in [1.54, 1.807) is 17.5 Å². The highest BCUT2D eigenvalue weighted by molar-refractivity contribution is 7.09. The number of aliphatic hydroxyl groups is 1. The van der Waals surface area contributed by atoms with Gasteiger partial charge in [0.2, 0.25) is 0 Å². The Hall–Kier alpha value is -1.14. The van der Waals surface area contributed by atoms with E-state index in [9.17, 15) is 9.90 Å². The number of nitrogens with zero attached hydrogens (tertiary/aromatic N) is 1. The van der Waals surface area contributed by atoms with E-state index in [1.165, 1.54) is 0 Å². The van der Waals surface area contributed by atoms with Crippen molar-refractivity contribution in [3.8, 4) is 0 Å². The van der Waals surface area contributed by atoms with Crippen LogP contribution in [0.4, 0.5) is 4.79 Å². The molecule has 3 atom stereocenters. The Balaban J connectivity index is 1.84. The summed E-state index contributed by atoms with van der Waals surface area (Å²) in [6.45, 7) is 4.59. The summed E-state index contributed by atoms with van der Waals surface area (Å²) in [6, 6.07) is -0.231. The number of carbonyl (C=O) groups is 1. The number of urea groups is 1. The van der Waals surface area contributed by atoms with Crippen molar-refractivity contribution in [2.24, 2.45) is 5.41 Å². The molecule has 3 unspecified atom stereocenters. The number of rotatable bonds is 5. The summed E-state index contributed by atoms with van der Waals surface area (Å²) < 4.78 is 0. The van der Waals surface area contributed by atoms with Gasteiger partial charge in [0.05, 0.1) is 12.1 Å². The van der Waals surface area contributed by atoms with Crippen molar-refractivity contribution >= 4 is 17.4 Å². The average molecular weight is 311 g/mol. The Kier molecular flexibility index (Phi) is 5.58. The minimum absolute atomic E-state index is 0.0471. The fourth-order valence-corrected chi connectivity index (χ4v) is 3.60. The van der Waals surface area contributed by atoms with E-state index in [1.807, 2.05) is 12.3 Å². The van der Waals surface area contributed by atoms with Crippen LogP contribution in [0.25, 0.3) is 0 Å². The molecule has 1 aromatic rings. The zero-order valence-corrected chi connectivity index (χ0v) is 13.6. The van der Waals surface area contributed by atoms with Gasteiger partial charge in [0.15, 0.2) is 0 Å². The molecule has 0 spiro atoms. The van der Waals surface area contributed by atoms with Crippen LogP contribution in [0.5, 0.6) is 0 Å². The first kappa shape index (κ1) is 16.2. The van der Waals surface area contributed by atoms with Crippen LogP contribution in [-0.4, -0.2) is 28.8 Å². The van der Waals surface area contributed by atoms with E-state index >= 15 is 0 Å². The van der Waals surface area contributed by atoms with E-state index in [2.05, 4.69) is 22.5 Å². The Morgan fingerprint density at radius 1 is 1.62 bits per heavy atom. The molecule has 118 valence electrons. The summed E-state index contributed by atoms with van der Waals surface area (Å²) in [7, 11) is 0. The van der Waals surface area contributed by atoms with Crippen molar-refractivity contribution < 1.29 is 9.90 Å². The smallest absolute Gasteiger partial charge is 0.315 e. The lowest BCUT2D eigenvalue weighted by molar-refractivity contribution is 0.00304. The number of nitrogens with one attached hydrogen (secondary N) is 2. The quantitative estimate of drug-likeness (QED) is 0.783. The standard InChI is InChI=1S/C15H25N3O2S/c1-3-11(13-16-8-9-21-13)18-14(20)17-10-15(2)7-5-4-6-12(15)19/h8-9,11-12,19H,3-7,10H2,1-2H3,(H2,17,18,20). The number of aromatic nitrogens is 1. The van der Waals surface area contributed by atoms with Crippen molar-refractivity contribution in [2.75, 3.05) is 6.54 Å². The SMILES string of the molecule is CCC(NC(=O)NCC1(C)CCCCC1O)c1nccs1. The van der Waals surface area contributed by atoms with Gasteiger partial charge in [-0.15, -0.1) is 11.3 Å². The third-order valence-corrected chi connectivity index (χ3v) is 5.29. The molecule has 0 saturated heterocycles. The molecular formula is C15H25N3O2S. The summed E-state index contributed by atoms with van der Waals surface area (Å²) in [5.41, 5.74) is -0.210. The van der Waals surface area contributed by atoms with Crippen molar-refractivity contribution in [1.29, 1.82) is 0 Å². The van der Waals surface area contributed by atoms with Crippen molar-refractivity contribution in [3.05, 3.63) is 16.6 Å². The van der Waals surface area contributed by atoms with Gasteiger partial charge in [0.25, 0.3) is 0 Å². The van der Waals surface area contributed by atoms with Crippen LogP contribution in [0.15, 0.2) is 11.6 Å². The van der Waals surface area contributed by atoms with Crippen molar-refractivity contribution in [1.82, 2.24) is 15.6 Å². The molecule has 0 bridgehead atoms. The molecule has 1 aliphatic carbocycles. The van der Waals surface area contributed by atoms with Gasteiger partial charge in [0.1, 0.15) is 5.01 Å². The number of amides is 2. The van der Waals surface area contributed by atoms with Gasteiger partial charge >= 0.3 is 6.03 Å². The predicted molar refractivity (Wildman–Crippen MR) is 84.3 cm³/mol. The lowest BCUT2D eigenvalue weighted by atomic mass is 9.73. The summed E-state index contributed by atoms with van der Waals surface area (Å²) in [5, 5.41) is 18.9. The summed E-state index contributed by atoms with van der Waals surface area (Å²) in [4.78, 5) is 16.3. The topological polar surface area (TPSA) is 74.2 Å². The third-order valence-electron chi connectivity index (χ3n) is 4.40. The van der Waals surface area contributed by atoms with Gasteiger partial charge in [0, 0.05) is 23.5 Å². The summed E-state index contributed by atoms with van der Waals surface area (Å²) in [6.07, 6.45) is 6.21. The molecule has 21 heavy (non-hydrogen) atoms. The number of hydrogen-bond donors (Lipinski definition) is 3. The summed E-state index contributed by atoms with van der Waals surface area (Å²) >= 11 is 1.55. The molecule has 6 heteroatoms. The molecule has 1 aliphatic rings. The fourth-order valence-electron chi connectivity index (χ4n) is 2.82. The maximum atomic E-state index is 12.1. The van der Waals surface area contributed by atoms with E-state index < -0.39 is 0 Å². The Morgan fingerprint density at radius 3 is 3.05 bits per heavy atom. The van der Waals surface area contributed by atoms with Gasteiger partial charge in [-0.3, -0.25) is 0 Å². The Bertz CT molecular complexity index is 452. The second-order valence-corrected chi connectivity index (χ2v) is 7.00. The maximum Gasteiger partial charge on any atom is 0.315 e. The van der Waals surface area contributed by atoms with Crippen LogP contribution in [0.3, 0.4) is 0 Å². The van der Waals surface area contributed by atoms with Crippen LogP contribution in [0, 0.1) is 5.41 Å². The molecule has 0 radical (unpaired) electrons. The molecular weight excluding hydrogens is 286 g/mol. The minimum atomic E-state index is -0.326. The lowest BCUT2D eigenvalue weighted by Crippen LogP contribution is -2.48. The highest BCUT2D eigenvalue weighted by atomic mass is 32.1. The first-order chi connectivity index (χ1) is 10.0. The normalized spacial score (nSPS) is 27.1. The van der Waals surface area contributed by atoms with Gasteiger partial charge in [-0.2, -0.15) is 0 Å². The van der Waals surface area contributed by atoms with Crippen LogP contribution in [0.1, 0.15) is 57.0 Å². The highest BCUT2D eigenvalue weighted by Crippen LogP contribution is 2.35. The first-order valence-electron chi connectivity index (χ1n) is 7.67. The van der Waals surface area contributed by atoms with Gasteiger partial charge in [-0.1, -0.05) is 26.7 Å². The molecule has 5 nitrogen and oxygen atoms in total. The van der Waals surface area contributed by atoms with Gasteiger partial charge < -0.3 is 15.7 Å². The number of hydrogen-bond acceptors (Lipinski definition) is 4. The van der Waals surface area contributed by atoms with Gasteiger partial charge in [-0.25, -0.2) is 9.78 Å². The molecule has 1 heterocycles. The van der Waals surface area contributed by atoms with Crippen LogP contribution in [-0.2, 0) is 0 Å². The number of aliphatic hydroxyl groups excluding tert-OH is 1. The predicted octanol–water partition coefficient (Wildman–Crippen LogP) is 2.83. The van der Waals surface area contributed by atoms with Gasteiger partial charge in [-0.05, 0) is 19.3 Å². The number of thiazole rings is 1. The maximum absolute atomic E-state index is 12.1. The Morgan fingerprint density at radius 2 is 2.43 bits per heavy atom. The molecule has 2 amide bonds. The van der Waals surface area contributed by atoms with Crippen LogP contribution in [0.2, 0.25) is 0 Å². The van der Waals surface area contributed by atoms with Crippen LogP contribution < -0.4 is 10.6 Å². The summed E-state index contributed by atoms with van der Waals surface area (Å²) in [5.74, 6) is 0. The largest absolute Gasteiger partial charge is 0.392 e. The minimum Gasteiger partial charge on any atom is -0.392 e. The fraction of sp³-hybridized carbons (Fsp3) is 0.733. The second kappa shape index (κ2) is 7.22. The second-order valence-electron chi connectivity index (χ2n) is 6.07. The molecule has 2 rings (SSSR count). The lowest BCUT2D eigenvalue weighted by Gasteiger charge is -2.38. The molecule has 1 saturated carbocycles. The molecule has 1 aromatic heterocycles. The first-order valence-corrected chi connectivity index (χ1v) is 8.55. The molecule has 0 aromatic carbocycles. The van der Waals surface area contributed by atoms with Crippen molar-refractivity contribution in [2.45, 2.75) is 58.1 Å². The van der Waals surface area contributed by atoms with E-state index in [-0.39, 0.29) is 23.6 Å². The Labute approximate surface area is 130 Å². The highest BCUT2D eigenvalue weighted by Gasteiger charge is 2.35. The average Bonchev–Trinajstić information content (AvgIpc) is 3.00. The third kappa shape index (κ3) is 4.17. The van der Waals surface area contributed by atoms with Crippen LogP contribution >= 0.6 is 11.3 Å². The van der Waals surface area contributed by atoms with E-state index in [0.717, 1.165) is 37.1 Å². The molecule has 3 N–H and O–H groups in total. The zero-order chi connectivity index (χ0) is 15.3.